The zero-order chi connectivity index (χ0) is 33.7. The van der Waals surface area contributed by atoms with Crippen LogP contribution in [0.1, 0.15) is 0 Å². The molecule has 9 aromatic rings. The summed E-state index contributed by atoms with van der Waals surface area (Å²) in [4.78, 5) is 2.37. The first kappa shape index (κ1) is 29.1. The molecule has 0 amide bonds. The standard InChI is InChI=1S/C48H32N2O/c1-4-13-33(14-5-1)36-26-30-43(42(31-36)35-15-6-2-7-16-35)49(38-17-8-3-9-18-38)39-27-23-34(24-28-39)37-25-29-40-41-19-12-22-47-48(41)50(45(40)32-37)44-20-10-11-21-46(44)51-47/h1-32H. The van der Waals surface area contributed by atoms with Crippen LogP contribution in [0.4, 0.5) is 17.1 Å². The maximum atomic E-state index is 6.34. The largest absolute Gasteiger partial charge is 0.453 e. The van der Waals surface area contributed by atoms with E-state index in [2.05, 4.69) is 191 Å². The first-order chi connectivity index (χ1) is 25.3. The second-order valence-corrected chi connectivity index (χ2v) is 13.0. The minimum atomic E-state index is 0.873. The van der Waals surface area contributed by atoms with Crippen LogP contribution in [-0.4, -0.2) is 4.57 Å². The van der Waals surface area contributed by atoms with Crippen LogP contribution < -0.4 is 9.64 Å². The fourth-order valence-corrected chi connectivity index (χ4v) is 7.59. The highest BCUT2D eigenvalue weighted by Gasteiger charge is 2.24. The number of ether oxygens (including phenoxy) is 1. The van der Waals surface area contributed by atoms with Gasteiger partial charge in [-0.3, -0.25) is 0 Å². The third-order valence-corrected chi connectivity index (χ3v) is 9.98. The average molecular weight is 653 g/mol. The summed E-state index contributed by atoms with van der Waals surface area (Å²) in [7, 11) is 0. The highest BCUT2D eigenvalue weighted by Crippen LogP contribution is 2.46. The molecule has 2 heterocycles. The number of aromatic nitrogens is 1. The average Bonchev–Trinajstić information content (AvgIpc) is 3.54. The topological polar surface area (TPSA) is 17.4 Å². The van der Waals surface area contributed by atoms with Crippen molar-refractivity contribution < 1.29 is 4.74 Å². The Morgan fingerprint density at radius 3 is 1.76 bits per heavy atom. The van der Waals surface area contributed by atoms with E-state index in [1.54, 1.807) is 0 Å². The van der Waals surface area contributed by atoms with Crippen molar-refractivity contribution in [2.75, 3.05) is 4.90 Å². The van der Waals surface area contributed by atoms with Gasteiger partial charge in [0.2, 0.25) is 0 Å². The van der Waals surface area contributed by atoms with E-state index in [-0.39, 0.29) is 0 Å². The van der Waals surface area contributed by atoms with E-state index in [1.165, 1.54) is 44.1 Å². The van der Waals surface area contributed by atoms with Gasteiger partial charge in [0, 0.05) is 27.7 Å². The molecule has 1 aliphatic rings. The van der Waals surface area contributed by atoms with Crippen molar-refractivity contribution in [3.05, 3.63) is 194 Å². The lowest BCUT2D eigenvalue weighted by Gasteiger charge is -2.28. The summed E-state index contributed by atoms with van der Waals surface area (Å²) in [6, 6.07) is 69.2. The summed E-state index contributed by atoms with van der Waals surface area (Å²) < 4.78 is 8.70. The Bertz CT molecular complexity index is 2700. The zero-order valence-electron chi connectivity index (χ0n) is 27.8. The predicted molar refractivity (Wildman–Crippen MR) is 212 cm³/mol. The van der Waals surface area contributed by atoms with Crippen LogP contribution in [-0.2, 0) is 0 Å². The Morgan fingerprint density at radius 2 is 0.980 bits per heavy atom. The minimum Gasteiger partial charge on any atom is -0.453 e. The summed E-state index contributed by atoms with van der Waals surface area (Å²) >= 11 is 0. The summed E-state index contributed by atoms with van der Waals surface area (Å²) in [5.74, 6) is 1.76. The van der Waals surface area contributed by atoms with Gasteiger partial charge in [-0.1, -0.05) is 133 Å². The van der Waals surface area contributed by atoms with Crippen molar-refractivity contribution in [1.29, 1.82) is 0 Å². The highest BCUT2D eigenvalue weighted by atomic mass is 16.5. The van der Waals surface area contributed by atoms with Crippen molar-refractivity contribution in [3.8, 4) is 50.6 Å². The van der Waals surface area contributed by atoms with Crippen LogP contribution in [0.3, 0.4) is 0 Å². The number of fused-ring (bicyclic) bond motifs is 5. The molecule has 8 aromatic carbocycles. The first-order valence-corrected chi connectivity index (χ1v) is 17.4. The number of nitrogens with zero attached hydrogens (tertiary/aromatic N) is 2. The molecule has 0 aliphatic carbocycles. The van der Waals surface area contributed by atoms with Crippen molar-refractivity contribution in [3.63, 3.8) is 0 Å². The van der Waals surface area contributed by atoms with Gasteiger partial charge < -0.3 is 14.2 Å². The molecule has 1 aliphatic heterocycles. The Kier molecular flexibility index (Phi) is 6.81. The summed E-state index contributed by atoms with van der Waals surface area (Å²) in [6.07, 6.45) is 0. The number of benzene rings is 8. The third-order valence-electron chi connectivity index (χ3n) is 9.98. The van der Waals surface area contributed by atoms with Gasteiger partial charge in [-0.15, -0.1) is 0 Å². The molecule has 10 rings (SSSR count). The Labute approximate surface area is 296 Å². The van der Waals surface area contributed by atoms with Crippen LogP contribution in [0.5, 0.6) is 11.5 Å². The fraction of sp³-hybridized carbons (Fsp3) is 0. The van der Waals surface area contributed by atoms with Crippen molar-refractivity contribution in [1.82, 2.24) is 4.57 Å². The smallest absolute Gasteiger partial charge is 0.152 e. The zero-order valence-corrected chi connectivity index (χ0v) is 27.8. The molecule has 0 saturated carbocycles. The maximum Gasteiger partial charge on any atom is 0.152 e. The van der Waals surface area contributed by atoms with Crippen LogP contribution in [0.2, 0.25) is 0 Å². The lowest BCUT2D eigenvalue weighted by Crippen LogP contribution is -2.11. The van der Waals surface area contributed by atoms with E-state index in [1.807, 2.05) is 12.1 Å². The SMILES string of the molecule is c1ccc(-c2ccc(N(c3ccccc3)c3ccc(-c4ccc5c6cccc7c6n(c5c4)-c4ccccc4O7)cc3)c(-c3ccccc3)c2)cc1. The molecule has 240 valence electrons. The molecule has 0 unspecified atom stereocenters. The van der Waals surface area contributed by atoms with E-state index in [0.29, 0.717) is 0 Å². The molecule has 0 fully saturated rings. The van der Waals surface area contributed by atoms with Crippen molar-refractivity contribution >= 4 is 38.9 Å². The second-order valence-electron chi connectivity index (χ2n) is 13.0. The van der Waals surface area contributed by atoms with E-state index >= 15 is 0 Å². The number of anilines is 3. The van der Waals surface area contributed by atoms with Gasteiger partial charge in [0.25, 0.3) is 0 Å². The quantitative estimate of drug-likeness (QED) is 0.178. The monoisotopic (exact) mass is 652 g/mol. The van der Waals surface area contributed by atoms with Gasteiger partial charge in [0.15, 0.2) is 11.5 Å². The Balaban J connectivity index is 1.10. The van der Waals surface area contributed by atoms with Gasteiger partial charge in [-0.2, -0.15) is 0 Å². The van der Waals surface area contributed by atoms with Crippen LogP contribution in [0.15, 0.2) is 194 Å². The summed E-state index contributed by atoms with van der Waals surface area (Å²) in [6.45, 7) is 0. The van der Waals surface area contributed by atoms with Crippen LogP contribution in [0.25, 0.3) is 60.9 Å². The maximum absolute atomic E-state index is 6.34. The first-order valence-electron chi connectivity index (χ1n) is 17.4. The van der Waals surface area contributed by atoms with E-state index < -0.39 is 0 Å². The lowest BCUT2D eigenvalue weighted by atomic mass is 9.96. The summed E-state index contributed by atoms with van der Waals surface area (Å²) in [5, 5.41) is 2.42. The van der Waals surface area contributed by atoms with Gasteiger partial charge in [0.1, 0.15) is 0 Å². The van der Waals surface area contributed by atoms with Gasteiger partial charge >= 0.3 is 0 Å². The number of rotatable bonds is 6. The fourth-order valence-electron chi connectivity index (χ4n) is 7.59. The molecule has 3 heteroatoms. The Hall–Kier alpha value is -6.84. The molecule has 0 saturated heterocycles. The highest BCUT2D eigenvalue weighted by molar-refractivity contribution is 6.13. The van der Waals surface area contributed by atoms with E-state index in [4.69, 9.17) is 4.74 Å². The molecule has 0 radical (unpaired) electrons. The lowest BCUT2D eigenvalue weighted by molar-refractivity contribution is 0.476. The van der Waals surface area contributed by atoms with Crippen molar-refractivity contribution in [2.45, 2.75) is 0 Å². The molecule has 0 spiro atoms. The molecule has 3 nitrogen and oxygen atoms in total. The van der Waals surface area contributed by atoms with Crippen LogP contribution in [0, 0.1) is 0 Å². The number of hydrogen-bond donors (Lipinski definition) is 0. The second kappa shape index (κ2) is 11.9. The number of hydrogen-bond acceptors (Lipinski definition) is 2. The van der Waals surface area contributed by atoms with Crippen LogP contribution >= 0.6 is 0 Å². The summed E-state index contributed by atoms with van der Waals surface area (Å²) in [5.41, 5.74) is 13.7. The third kappa shape index (κ3) is 4.90. The molecule has 51 heavy (non-hydrogen) atoms. The Morgan fingerprint density at radius 1 is 0.392 bits per heavy atom. The normalized spacial score (nSPS) is 11.7. The molecule has 0 atom stereocenters. The number of para-hydroxylation sites is 4. The van der Waals surface area contributed by atoms with E-state index in [9.17, 15) is 0 Å². The molecular weight excluding hydrogens is 621 g/mol. The molecular formula is C48H32N2O. The van der Waals surface area contributed by atoms with Gasteiger partial charge in [0.05, 0.1) is 22.4 Å². The van der Waals surface area contributed by atoms with Gasteiger partial charge in [-0.25, -0.2) is 0 Å². The van der Waals surface area contributed by atoms with Gasteiger partial charge in [-0.05, 0) is 88.5 Å². The van der Waals surface area contributed by atoms with E-state index in [0.717, 1.165) is 45.3 Å². The molecule has 1 aromatic heterocycles. The molecule has 0 bridgehead atoms. The molecule has 0 N–H and O–H groups in total. The minimum absolute atomic E-state index is 0.873. The van der Waals surface area contributed by atoms with Crippen molar-refractivity contribution in [2.24, 2.45) is 0 Å². The predicted octanol–water partition coefficient (Wildman–Crippen LogP) is 13.4.